The maximum absolute atomic E-state index is 13.7. The normalized spacial score (nSPS) is 17.5. The van der Waals surface area contributed by atoms with Gasteiger partial charge in [-0.1, -0.05) is 18.2 Å². The summed E-state index contributed by atoms with van der Waals surface area (Å²) in [5.74, 6) is 1.23. The topological polar surface area (TPSA) is 45.5 Å². The third-order valence-electron chi connectivity index (χ3n) is 4.53. The summed E-state index contributed by atoms with van der Waals surface area (Å²) in [6.07, 6.45) is 5.77. The molecule has 3 rings (SSSR count). The molecule has 0 aliphatic carbocycles. The van der Waals surface area contributed by atoms with Gasteiger partial charge < -0.3 is 10.2 Å². The van der Waals surface area contributed by atoms with E-state index < -0.39 is 0 Å². The molecule has 1 aromatic heterocycles. The Labute approximate surface area is 165 Å². The zero-order valence-corrected chi connectivity index (χ0v) is 17.0. The number of hydrogen-bond acceptors (Lipinski definition) is 2. The summed E-state index contributed by atoms with van der Waals surface area (Å²) in [5, 5.41) is 7.61. The fourth-order valence-corrected chi connectivity index (χ4v) is 3.22. The van der Waals surface area contributed by atoms with Crippen LogP contribution < -0.4 is 5.32 Å². The molecule has 5 nitrogen and oxygen atoms in total. The highest BCUT2D eigenvalue weighted by Crippen LogP contribution is 2.26. The number of rotatable bonds is 4. The second-order valence-electron chi connectivity index (χ2n) is 6.19. The summed E-state index contributed by atoms with van der Waals surface area (Å²) < 4.78 is 15.5. The van der Waals surface area contributed by atoms with Crippen LogP contribution >= 0.6 is 24.0 Å². The third-order valence-corrected chi connectivity index (χ3v) is 4.53. The fraction of sp³-hybridized carbons (Fsp3) is 0.444. The Morgan fingerprint density at radius 3 is 2.88 bits per heavy atom. The fourth-order valence-electron chi connectivity index (χ4n) is 3.22. The smallest absolute Gasteiger partial charge is 0.193 e. The SMILES string of the molecule is CN=C(NCCc1ccccc1F)N1CCC(c2cnn(C)c2)C1.I. The highest BCUT2D eigenvalue weighted by atomic mass is 127. The quantitative estimate of drug-likeness (QED) is 0.437. The number of halogens is 2. The third kappa shape index (κ3) is 4.93. The Hall–Kier alpha value is -1.64. The summed E-state index contributed by atoms with van der Waals surface area (Å²) in [4.78, 5) is 6.64. The van der Waals surface area contributed by atoms with Crippen molar-refractivity contribution >= 4 is 29.9 Å². The standard InChI is InChI=1S/C18H24FN5.HI/c1-20-18(21-9-7-14-5-3-4-6-17(14)19)24-10-8-15(13-24)16-11-22-23(2)12-16;/h3-6,11-12,15H,7-10,13H2,1-2H3,(H,20,21);1H. The molecule has 1 aliphatic heterocycles. The second-order valence-corrected chi connectivity index (χ2v) is 6.19. The molecule has 7 heteroatoms. The lowest BCUT2D eigenvalue weighted by Crippen LogP contribution is -2.40. The summed E-state index contributed by atoms with van der Waals surface area (Å²) in [5.41, 5.74) is 2.01. The number of nitrogens with one attached hydrogen (secondary N) is 1. The number of aryl methyl sites for hydroxylation is 1. The predicted molar refractivity (Wildman–Crippen MR) is 109 cm³/mol. The van der Waals surface area contributed by atoms with Crippen molar-refractivity contribution in [1.29, 1.82) is 0 Å². The van der Waals surface area contributed by atoms with E-state index in [0.29, 0.717) is 18.9 Å². The highest BCUT2D eigenvalue weighted by Gasteiger charge is 2.26. The summed E-state index contributed by atoms with van der Waals surface area (Å²) >= 11 is 0. The highest BCUT2D eigenvalue weighted by molar-refractivity contribution is 14.0. The van der Waals surface area contributed by atoms with Crippen molar-refractivity contribution in [2.24, 2.45) is 12.0 Å². The number of guanidine groups is 1. The Morgan fingerprint density at radius 1 is 1.40 bits per heavy atom. The average Bonchev–Trinajstić information content (AvgIpc) is 3.22. The molecule has 25 heavy (non-hydrogen) atoms. The first-order chi connectivity index (χ1) is 11.7. The van der Waals surface area contributed by atoms with Crippen LogP contribution in [0.15, 0.2) is 41.7 Å². The van der Waals surface area contributed by atoms with Crippen molar-refractivity contribution in [2.45, 2.75) is 18.8 Å². The van der Waals surface area contributed by atoms with Gasteiger partial charge in [0.1, 0.15) is 5.82 Å². The number of benzene rings is 1. The first-order valence-electron chi connectivity index (χ1n) is 8.35. The van der Waals surface area contributed by atoms with Crippen LogP contribution in [0.1, 0.15) is 23.5 Å². The largest absolute Gasteiger partial charge is 0.356 e. The minimum absolute atomic E-state index is 0. The molecule has 1 fully saturated rings. The van der Waals surface area contributed by atoms with Crippen LogP contribution in [0.2, 0.25) is 0 Å². The molecule has 1 aromatic carbocycles. The lowest BCUT2D eigenvalue weighted by atomic mass is 10.0. The van der Waals surface area contributed by atoms with Gasteiger partial charge in [0.05, 0.1) is 6.20 Å². The van der Waals surface area contributed by atoms with E-state index in [4.69, 9.17) is 0 Å². The molecule has 0 spiro atoms. The van der Waals surface area contributed by atoms with Crippen LogP contribution in [-0.4, -0.2) is 47.3 Å². The Morgan fingerprint density at radius 2 is 2.20 bits per heavy atom. The minimum Gasteiger partial charge on any atom is -0.356 e. The van der Waals surface area contributed by atoms with Crippen LogP contribution in [0.5, 0.6) is 0 Å². The lowest BCUT2D eigenvalue weighted by molar-refractivity contribution is 0.486. The molecule has 1 saturated heterocycles. The van der Waals surface area contributed by atoms with E-state index in [2.05, 4.69) is 26.5 Å². The number of aromatic nitrogens is 2. The summed E-state index contributed by atoms with van der Waals surface area (Å²) in [7, 11) is 3.74. The second kappa shape index (κ2) is 9.17. The molecule has 2 heterocycles. The van der Waals surface area contributed by atoms with Gasteiger partial charge in [-0.3, -0.25) is 9.67 Å². The van der Waals surface area contributed by atoms with E-state index in [0.717, 1.165) is 31.0 Å². The van der Waals surface area contributed by atoms with Gasteiger partial charge in [-0.2, -0.15) is 5.10 Å². The van der Waals surface area contributed by atoms with E-state index in [-0.39, 0.29) is 29.8 Å². The number of hydrogen-bond donors (Lipinski definition) is 1. The van der Waals surface area contributed by atoms with Crippen LogP contribution in [0.4, 0.5) is 4.39 Å². The maximum atomic E-state index is 13.7. The summed E-state index contributed by atoms with van der Waals surface area (Å²) in [6.45, 7) is 2.58. The zero-order valence-electron chi connectivity index (χ0n) is 14.7. The molecular weight excluding hydrogens is 432 g/mol. The van der Waals surface area contributed by atoms with Crippen LogP contribution in [-0.2, 0) is 13.5 Å². The van der Waals surface area contributed by atoms with E-state index >= 15 is 0 Å². The van der Waals surface area contributed by atoms with Gasteiger partial charge in [0.15, 0.2) is 5.96 Å². The molecule has 0 radical (unpaired) electrons. The van der Waals surface area contributed by atoms with Gasteiger partial charge in [0, 0.05) is 45.8 Å². The summed E-state index contributed by atoms with van der Waals surface area (Å²) in [6, 6.07) is 6.91. The Kier molecular flexibility index (Phi) is 7.22. The van der Waals surface area contributed by atoms with E-state index in [1.165, 1.54) is 11.6 Å². The van der Waals surface area contributed by atoms with Gasteiger partial charge in [-0.25, -0.2) is 4.39 Å². The minimum atomic E-state index is -0.146. The molecular formula is C18H25FIN5. The van der Waals surface area contributed by atoms with Crippen molar-refractivity contribution in [3.63, 3.8) is 0 Å². The van der Waals surface area contributed by atoms with Gasteiger partial charge >= 0.3 is 0 Å². The lowest BCUT2D eigenvalue weighted by Gasteiger charge is -2.21. The van der Waals surface area contributed by atoms with Gasteiger partial charge in [-0.05, 0) is 30.0 Å². The molecule has 0 amide bonds. The Balaban J connectivity index is 0.00000225. The van der Waals surface area contributed by atoms with Crippen molar-refractivity contribution < 1.29 is 4.39 Å². The first kappa shape index (κ1) is 19.7. The van der Waals surface area contributed by atoms with Crippen molar-refractivity contribution in [3.05, 3.63) is 53.6 Å². The number of likely N-dealkylation sites (tertiary alicyclic amines) is 1. The molecule has 0 bridgehead atoms. The van der Waals surface area contributed by atoms with Crippen LogP contribution in [0.3, 0.4) is 0 Å². The van der Waals surface area contributed by atoms with Crippen molar-refractivity contribution in [3.8, 4) is 0 Å². The number of nitrogens with zero attached hydrogens (tertiary/aromatic N) is 4. The van der Waals surface area contributed by atoms with E-state index in [9.17, 15) is 4.39 Å². The van der Waals surface area contributed by atoms with Gasteiger partial charge in [0.25, 0.3) is 0 Å². The number of aliphatic imine (C=N–C) groups is 1. The molecule has 1 aliphatic rings. The average molecular weight is 457 g/mol. The van der Waals surface area contributed by atoms with Gasteiger partial charge in [0.2, 0.25) is 0 Å². The molecule has 2 aromatic rings. The molecule has 1 N–H and O–H groups in total. The first-order valence-corrected chi connectivity index (χ1v) is 8.35. The van der Waals surface area contributed by atoms with Crippen LogP contribution in [0.25, 0.3) is 0 Å². The maximum Gasteiger partial charge on any atom is 0.193 e. The Bertz CT molecular complexity index is 715. The molecule has 1 atom stereocenters. The molecule has 136 valence electrons. The van der Waals surface area contributed by atoms with E-state index in [1.807, 2.05) is 30.1 Å². The zero-order chi connectivity index (χ0) is 16.9. The van der Waals surface area contributed by atoms with Crippen LogP contribution in [0, 0.1) is 5.82 Å². The van der Waals surface area contributed by atoms with E-state index in [1.54, 1.807) is 13.1 Å². The van der Waals surface area contributed by atoms with Gasteiger partial charge in [-0.15, -0.1) is 24.0 Å². The van der Waals surface area contributed by atoms with Crippen molar-refractivity contribution in [1.82, 2.24) is 20.0 Å². The predicted octanol–water partition coefficient (Wildman–Crippen LogP) is 2.78. The monoisotopic (exact) mass is 457 g/mol. The molecule has 1 unspecified atom stereocenters. The molecule has 0 saturated carbocycles. The van der Waals surface area contributed by atoms with Crippen molar-refractivity contribution in [2.75, 3.05) is 26.7 Å².